The number of nitrogens with zero attached hydrogens (tertiary/aromatic N) is 1. The number of aryl methyl sites for hydroxylation is 3. The number of carbonyl (C=O) groups excluding carboxylic acids is 2. The van der Waals surface area contributed by atoms with Crippen LogP contribution in [0.4, 0.5) is 11.4 Å². The highest BCUT2D eigenvalue weighted by atomic mass is 32.2. The van der Waals surface area contributed by atoms with Crippen molar-refractivity contribution in [1.29, 1.82) is 0 Å². The predicted molar refractivity (Wildman–Crippen MR) is 118 cm³/mol. The number of nitro benzene ring substituents is 1. The molecule has 2 amide bonds. The van der Waals surface area contributed by atoms with Crippen LogP contribution in [0.15, 0.2) is 30.3 Å². The summed E-state index contributed by atoms with van der Waals surface area (Å²) in [7, 11) is 1.37. The summed E-state index contributed by atoms with van der Waals surface area (Å²) >= 11 is 1.30. The van der Waals surface area contributed by atoms with Gasteiger partial charge in [-0.1, -0.05) is 23.8 Å². The van der Waals surface area contributed by atoms with Crippen molar-refractivity contribution in [2.75, 3.05) is 24.7 Å². The van der Waals surface area contributed by atoms with Crippen LogP contribution in [0.3, 0.4) is 0 Å². The summed E-state index contributed by atoms with van der Waals surface area (Å²) in [5.41, 5.74) is 4.42. The topological polar surface area (TPSA) is 111 Å². The number of thioether (sulfide) groups is 1. The molecule has 0 aliphatic carbocycles. The first-order valence-electron chi connectivity index (χ1n) is 9.24. The maximum Gasteiger partial charge on any atom is 0.311 e. The highest BCUT2D eigenvalue weighted by molar-refractivity contribution is 7.99. The Morgan fingerprint density at radius 2 is 1.77 bits per heavy atom. The third kappa shape index (κ3) is 6.48. The van der Waals surface area contributed by atoms with E-state index in [4.69, 9.17) is 4.74 Å². The van der Waals surface area contributed by atoms with Crippen LogP contribution in [0.1, 0.15) is 22.3 Å². The van der Waals surface area contributed by atoms with Crippen LogP contribution in [0.25, 0.3) is 0 Å². The van der Waals surface area contributed by atoms with Crippen molar-refractivity contribution in [3.8, 4) is 5.75 Å². The number of nitro groups is 1. The van der Waals surface area contributed by atoms with Crippen molar-refractivity contribution >= 4 is 35.0 Å². The number of amides is 2. The first-order chi connectivity index (χ1) is 14.2. The van der Waals surface area contributed by atoms with Gasteiger partial charge in [0.25, 0.3) is 0 Å². The minimum atomic E-state index is -0.504. The van der Waals surface area contributed by atoms with E-state index >= 15 is 0 Å². The van der Waals surface area contributed by atoms with E-state index in [1.165, 1.54) is 31.0 Å². The molecule has 0 aliphatic rings. The standard InChI is InChI=1S/C21H25N3O5S/c1-13-7-14(2)21(15(3)8-13)23-19(25)10-22-20(26)12-30-11-16-5-6-18(29-4)17(9-16)24(27)28/h5-9H,10-12H2,1-4H3,(H,22,26)(H,23,25). The average molecular weight is 432 g/mol. The van der Waals surface area contributed by atoms with Crippen molar-refractivity contribution in [2.45, 2.75) is 26.5 Å². The molecule has 2 aromatic carbocycles. The lowest BCUT2D eigenvalue weighted by Gasteiger charge is -2.13. The number of methoxy groups -OCH3 is 1. The molecule has 0 atom stereocenters. The van der Waals surface area contributed by atoms with Gasteiger partial charge in [0, 0.05) is 17.5 Å². The molecule has 0 aliphatic heterocycles. The third-order valence-electron chi connectivity index (χ3n) is 4.33. The quantitative estimate of drug-likeness (QED) is 0.464. The van der Waals surface area contributed by atoms with E-state index in [1.54, 1.807) is 6.07 Å². The number of ether oxygens (including phenoxy) is 1. The van der Waals surface area contributed by atoms with Crippen LogP contribution >= 0.6 is 11.8 Å². The Morgan fingerprint density at radius 3 is 2.37 bits per heavy atom. The molecule has 8 nitrogen and oxygen atoms in total. The summed E-state index contributed by atoms with van der Waals surface area (Å²) in [5.74, 6) is 0.170. The van der Waals surface area contributed by atoms with Gasteiger partial charge in [-0.05, 0) is 43.5 Å². The zero-order valence-corrected chi connectivity index (χ0v) is 18.2. The number of rotatable bonds is 9. The minimum absolute atomic E-state index is 0.113. The summed E-state index contributed by atoms with van der Waals surface area (Å²) in [4.78, 5) is 34.7. The summed E-state index contributed by atoms with van der Waals surface area (Å²) in [6, 6.07) is 8.66. The smallest absolute Gasteiger partial charge is 0.311 e. The molecule has 0 aromatic heterocycles. The Labute approximate surface area is 179 Å². The van der Waals surface area contributed by atoms with Crippen LogP contribution in [-0.4, -0.2) is 36.1 Å². The van der Waals surface area contributed by atoms with Crippen LogP contribution in [0, 0.1) is 30.9 Å². The van der Waals surface area contributed by atoms with Crippen molar-refractivity contribution < 1.29 is 19.2 Å². The maximum atomic E-state index is 12.2. The summed E-state index contributed by atoms with van der Waals surface area (Å²) < 4.78 is 4.97. The van der Waals surface area contributed by atoms with Gasteiger partial charge in [0.2, 0.25) is 11.8 Å². The Kier molecular flexibility index (Phi) is 8.23. The van der Waals surface area contributed by atoms with Crippen LogP contribution in [-0.2, 0) is 15.3 Å². The fourth-order valence-electron chi connectivity index (χ4n) is 3.02. The van der Waals surface area contributed by atoms with Crippen molar-refractivity contribution in [2.24, 2.45) is 0 Å². The predicted octanol–water partition coefficient (Wildman–Crippen LogP) is 3.52. The molecular formula is C21H25N3O5S. The fourth-order valence-corrected chi connectivity index (χ4v) is 3.83. The molecule has 2 aromatic rings. The van der Waals surface area contributed by atoms with Gasteiger partial charge >= 0.3 is 5.69 Å². The van der Waals surface area contributed by atoms with Crippen LogP contribution < -0.4 is 15.4 Å². The van der Waals surface area contributed by atoms with Gasteiger partial charge in [0.05, 0.1) is 24.3 Å². The Bertz CT molecular complexity index is 939. The van der Waals surface area contributed by atoms with Gasteiger partial charge in [-0.15, -0.1) is 11.8 Å². The summed E-state index contributed by atoms with van der Waals surface area (Å²) in [6.45, 7) is 5.72. The molecule has 0 heterocycles. The zero-order chi connectivity index (χ0) is 22.3. The first kappa shape index (κ1) is 23.2. The van der Waals surface area contributed by atoms with Gasteiger partial charge in [-0.2, -0.15) is 0 Å². The van der Waals surface area contributed by atoms with Gasteiger partial charge in [-0.3, -0.25) is 19.7 Å². The Balaban J connectivity index is 1.80. The lowest BCUT2D eigenvalue weighted by Crippen LogP contribution is -2.34. The highest BCUT2D eigenvalue weighted by Gasteiger charge is 2.15. The molecule has 0 saturated carbocycles. The number of anilines is 1. The average Bonchev–Trinajstić information content (AvgIpc) is 2.69. The molecule has 2 N–H and O–H groups in total. The normalized spacial score (nSPS) is 10.4. The lowest BCUT2D eigenvalue weighted by atomic mass is 10.1. The molecule has 0 saturated heterocycles. The maximum absolute atomic E-state index is 12.2. The minimum Gasteiger partial charge on any atom is -0.490 e. The second-order valence-corrected chi connectivity index (χ2v) is 7.84. The molecule has 0 spiro atoms. The van der Waals surface area contributed by atoms with Gasteiger partial charge in [-0.25, -0.2) is 0 Å². The highest BCUT2D eigenvalue weighted by Crippen LogP contribution is 2.29. The van der Waals surface area contributed by atoms with Gasteiger partial charge < -0.3 is 15.4 Å². The molecule has 0 radical (unpaired) electrons. The number of carbonyl (C=O) groups is 2. The van der Waals surface area contributed by atoms with E-state index < -0.39 is 4.92 Å². The summed E-state index contributed by atoms with van der Waals surface area (Å²) in [5, 5.41) is 16.5. The molecule has 2 rings (SSSR count). The van der Waals surface area contributed by atoms with E-state index in [-0.39, 0.29) is 35.5 Å². The Morgan fingerprint density at radius 1 is 1.10 bits per heavy atom. The number of hydrogen-bond acceptors (Lipinski definition) is 6. The molecule has 0 bridgehead atoms. The first-order valence-corrected chi connectivity index (χ1v) is 10.4. The SMILES string of the molecule is COc1ccc(CSCC(=O)NCC(=O)Nc2c(C)cc(C)cc2C)cc1[N+](=O)[O-]. The second-order valence-electron chi connectivity index (χ2n) is 6.85. The molecular weight excluding hydrogens is 406 g/mol. The number of benzene rings is 2. The molecule has 0 unspecified atom stereocenters. The third-order valence-corrected chi connectivity index (χ3v) is 5.33. The molecule has 0 fully saturated rings. The zero-order valence-electron chi connectivity index (χ0n) is 17.4. The van der Waals surface area contributed by atoms with E-state index in [0.717, 1.165) is 22.4 Å². The molecule has 160 valence electrons. The van der Waals surface area contributed by atoms with Gasteiger partial charge in [0.1, 0.15) is 0 Å². The lowest BCUT2D eigenvalue weighted by molar-refractivity contribution is -0.385. The second kappa shape index (κ2) is 10.6. The Hall–Kier alpha value is -3.07. The van der Waals surface area contributed by atoms with Gasteiger partial charge in [0.15, 0.2) is 5.75 Å². The number of hydrogen-bond donors (Lipinski definition) is 2. The summed E-state index contributed by atoms with van der Waals surface area (Å²) in [6.07, 6.45) is 0. The van der Waals surface area contributed by atoms with Crippen molar-refractivity contribution in [1.82, 2.24) is 5.32 Å². The van der Waals surface area contributed by atoms with Crippen molar-refractivity contribution in [3.63, 3.8) is 0 Å². The van der Waals surface area contributed by atoms with E-state index in [1.807, 2.05) is 32.9 Å². The molecule has 9 heteroatoms. The van der Waals surface area contributed by atoms with Crippen LogP contribution in [0.5, 0.6) is 5.75 Å². The largest absolute Gasteiger partial charge is 0.490 e. The van der Waals surface area contributed by atoms with E-state index in [0.29, 0.717) is 11.3 Å². The number of nitrogens with one attached hydrogen (secondary N) is 2. The monoisotopic (exact) mass is 431 g/mol. The van der Waals surface area contributed by atoms with E-state index in [2.05, 4.69) is 10.6 Å². The van der Waals surface area contributed by atoms with Crippen molar-refractivity contribution in [3.05, 3.63) is 62.7 Å². The van der Waals surface area contributed by atoms with E-state index in [9.17, 15) is 19.7 Å². The fraction of sp³-hybridized carbons (Fsp3) is 0.333. The molecule has 30 heavy (non-hydrogen) atoms. The van der Waals surface area contributed by atoms with Crippen LogP contribution in [0.2, 0.25) is 0 Å².